The molecule has 0 aliphatic heterocycles. The van der Waals surface area contributed by atoms with Gasteiger partial charge in [0.2, 0.25) is 0 Å². The standard InChI is InChI=1S/C24H30FN4O7PS2.C2HF3O2/c25-20-13-19(6-5-17(20)15-28)36-37(30,31)16-29-39(32,33)24-12-18-11-21(34-9-3-1-7-26)22(14-23(18)38-24)35-10-4-2-8-27;3-2(4,5)1(6)7/h5-6,11-14,29H,1-4,7-10,16,26-27H2,(H,30,31);(H,6,7)/p+1. The number of nitrogens with one attached hydrogen (secondary N) is 1. The number of nitrogens with zero attached hydrogens (tertiary/aromatic N) is 1. The van der Waals surface area contributed by atoms with E-state index in [2.05, 4.69) is 16.2 Å². The van der Waals surface area contributed by atoms with E-state index in [1.54, 1.807) is 18.2 Å². The lowest BCUT2D eigenvalue weighted by molar-refractivity contribution is -0.369. The maximum Gasteiger partial charge on any atom is 0.430 e. The number of unbranched alkanes of at least 4 members (excludes halogenated alkanes) is 2. The van der Waals surface area contributed by atoms with Gasteiger partial charge >= 0.3 is 13.8 Å². The quantitative estimate of drug-likeness (QED) is 0.0949. The smallest absolute Gasteiger partial charge is 0.430 e. The highest BCUT2D eigenvalue weighted by molar-refractivity contribution is 7.92. The lowest BCUT2D eigenvalue weighted by Gasteiger charge is -2.14. The number of carbonyl (C=O) groups is 1. The number of nitriles is 1. The Labute approximate surface area is 265 Å². The maximum atomic E-state index is 13.8. The van der Waals surface area contributed by atoms with Crippen LogP contribution in [0.4, 0.5) is 17.6 Å². The lowest BCUT2D eigenvalue weighted by atomic mass is 10.2. The molecule has 8 N–H and O–H groups in total. The van der Waals surface area contributed by atoms with Gasteiger partial charge in [-0.3, -0.25) is 0 Å². The molecule has 3 rings (SSSR count). The fraction of sp³-hybridized carbons (Fsp3) is 0.385. The van der Waals surface area contributed by atoms with Gasteiger partial charge in [-0.05, 0) is 55.3 Å². The summed E-state index contributed by atoms with van der Waals surface area (Å²) in [5.74, 6) is -3.25. The second-order valence-corrected chi connectivity index (χ2v) is 14.1. The van der Waals surface area contributed by atoms with Crippen LogP contribution in [-0.2, 0) is 19.4 Å². The first-order valence-corrected chi connectivity index (χ1v) is 17.5. The predicted molar refractivity (Wildman–Crippen MR) is 155 cm³/mol. The molecule has 0 aliphatic rings. The molecular formula is C26H32F4N4O9PS2+. The largest absolute Gasteiger partial charge is 0.542 e. The van der Waals surface area contributed by atoms with Gasteiger partial charge in [0.05, 0.1) is 31.9 Å². The molecule has 0 saturated carbocycles. The molecule has 46 heavy (non-hydrogen) atoms. The van der Waals surface area contributed by atoms with E-state index in [1.165, 1.54) is 6.07 Å². The van der Waals surface area contributed by atoms with Gasteiger partial charge < -0.3 is 40.3 Å². The molecule has 0 radical (unpaired) electrons. The average molecular weight is 716 g/mol. The molecule has 0 spiro atoms. The van der Waals surface area contributed by atoms with Crippen molar-refractivity contribution >= 4 is 45.0 Å². The van der Waals surface area contributed by atoms with E-state index >= 15 is 0 Å². The summed E-state index contributed by atoms with van der Waals surface area (Å²) in [6, 6.07) is 9.51. The van der Waals surface area contributed by atoms with Gasteiger partial charge in [-0.15, -0.1) is 11.3 Å². The van der Waals surface area contributed by atoms with Gasteiger partial charge in [0, 0.05) is 16.8 Å². The van der Waals surface area contributed by atoms with Crippen LogP contribution in [-0.4, -0.2) is 58.0 Å². The summed E-state index contributed by atoms with van der Waals surface area (Å²) in [6.07, 6.45) is -2.70. The first-order valence-electron chi connectivity index (χ1n) is 13.4. The van der Waals surface area contributed by atoms with Crippen LogP contribution in [0.15, 0.2) is 40.6 Å². The number of rotatable bonds is 16. The van der Waals surface area contributed by atoms with Gasteiger partial charge in [0.15, 0.2) is 11.5 Å². The molecule has 0 aliphatic carbocycles. The SMILES string of the molecule is N#Cc1ccc(OP(=O)(O)CNS(=O)(=O)c2cc3cc(OCCCC[NH3+])c(OCCCC[NH3+])cc3s2)cc1F.O=C([O-])C(F)(F)F. The van der Waals surface area contributed by atoms with E-state index < -0.39 is 41.9 Å². The van der Waals surface area contributed by atoms with E-state index in [1.807, 2.05) is 0 Å². The number of sulfonamides is 1. The van der Waals surface area contributed by atoms with Crippen molar-refractivity contribution in [3.8, 4) is 23.3 Å². The van der Waals surface area contributed by atoms with Gasteiger partial charge in [0.25, 0.3) is 10.0 Å². The number of halogens is 4. The van der Waals surface area contributed by atoms with E-state index in [4.69, 9.17) is 29.2 Å². The molecule has 0 amide bonds. The molecule has 1 unspecified atom stereocenters. The Morgan fingerprint density at radius 2 is 1.61 bits per heavy atom. The molecule has 0 saturated heterocycles. The number of benzene rings is 2. The Morgan fingerprint density at radius 3 is 2.11 bits per heavy atom. The summed E-state index contributed by atoms with van der Waals surface area (Å²) >= 11 is 0.967. The summed E-state index contributed by atoms with van der Waals surface area (Å²) in [7, 11) is -8.74. The van der Waals surface area contributed by atoms with Crippen molar-refractivity contribution in [2.24, 2.45) is 0 Å². The van der Waals surface area contributed by atoms with Gasteiger partial charge in [-0.1, -0.05) is 0 Å². The van der Waals surface area contributed by atoms with E-state index in [-0.39, 0.29) is 15.5 Å². The zero-order valence-corrected chi connectivity index (χ0v) is 26.7. The van der Waals surface area contributed by atoms with Crippen molar-refractivity contribution in [1.82, 2.24) is 4.72 Å². The highest BCUT2D eigenvalue weighted by atomic mass is 32.2. The summed E-state index contributed by atoms with van der Waals surface area (Å²) in [6.45, 7) is 2.52. The van der Waals surface area contributed by atoms with Crippen LogP contribution in [0.3, 0.4) is 0 Å². The van der Waals surface area contributed by atoms with Crippen LogP contribution < -0.4 is 35.3 Å². The van der Waals surface area contributed by atoms with Gasteiger partial charge in [-0.2, -0.15) is 23.2 Å². The Hall–Kier alpha value is -3.50. The highest BCUT2D eigenvalue weighted by Crippen LogP contribution is 2.43. The van der Waals surface area contributed by atoms with Crippen molar-refractivity contribution in [1.29, 1.82) is 5.26 Å². The molecule has 0 bridgehead atoms. The van der Waals surface area contributed by atoms with Crippen LogP contribution in [0.25, 0.3) is 10.1 Å². The number of hydrogen-bond acceptors (Lipinski definition) is 10. The number of carbonyl (C=O) groups excluding carboxylic acids is 1. The van der Waals surface area contributed by atoms with Crippen molar-refractivity contribution in [3.05, 3.63) is 47.8 Å². The Kier molecular flexibility index (Phi) is 14.7. The van der Waals surface area contributed by atoms with Crippen LogP contribution in [0.2, 0.25) is 0 Å². The molecule has 1 heterocycles. The first-order chi connectivity index (χ1) is 21.5. The van der Waals surface area contributed by atoms with Gasteiger partial charge in [0.1, 0.15) is 34.1 Å². The zero-order chi connectivity index (χ0) is 34.5. The topological polar surface area (TPSA) is 230 Å². The first kappa shape index (κ1) is 38.7. The summed E-state index contributed by atoms with van der Waals surface area (Å²) in [5, 5.41) is 18.2. The maximum absolute atomic E-state index is 13.8. The number of quaternary nitrogens is 2. The third-order valence-corrected chi connectivity index (χ3v) is 9.86. The molecule has 1 aromatic heterocycles. The number of fused-ring (bicyclic) bond motifs is 1. The van der Waals surface area contributed by atoms with Gasteiger partial charge in [-0.25, -0.2) is 17.4 Å². The minimum Gasteiger partial charge on any atom is -0.542 e. The van der Waals surface area contributed by atoms with Crippen molar-refractivity contribution in [2.45, 2.75) is 36.1 Å². The Bertz CT molecular complexity index is 1630. The number of carboxylic acids is 1. The number of hydrogen-bond donors (Lipinski definition) is 4. The molecule has 13 nitrogen and oxygen atoms in total. The third-order valence-electron chi connectivity index (χ3n) is 5.62. The fourth-order valence-corrected chi connectivity index (χ4v) is 7.33. The third kappa shape index (κ3) is 12.4. The van der Waals surface area contributed by atoms with Crippen molar-refractivity contribution < 1.29 is 70.8 Å². The van der Waals surface area contributed by atoms with Crippen molar-refractivity contribution in [3.63, 3.8) is 0 Å². The number of aliphatic carboxylic acids is 1. The van der Waals surface area contributed by atoms with Crippen LogP contribution in [0.5, 0.6) is 17.2 Å². The minimum absolute atomic E-state index is 0.0841. The van der Waals surface area contributed by atoms with Crippen LogP contribution >= 0.6 is 18.9 Å². The number of carboxylic acid groups (broad SMARTS) is 1. The second kappa shape index (κ2) is 17.4. The molecule has 0 fully saturated rings. The fourth-order valence-electron chi connectivity index (χ4n) is 3.38. The Balaban J connectivity index is 0.000000942. The van der Waals surface area contributed by atoms with E-state index in [0.717, 1.165) is 68.3 Å². The molecule has 254 valence electrons. The normalized spacial score (nSPS) is 12.8. The number of ether oxygens (including phenoxy) is 2. The molecule has 2 aromatic carbocycles. The van der Waals surface area contributed by atoms with Crippen LogP contribution in [0, 0.1) is 17.1 Å². The summed E-state index contributed by atoms with van der Waals surface area (Å²) in [5.41, 5.74) is 7.38. The number of thiophene rings is 1. The predicted octanol–water partition coefficient (Wildman–Crippen LogP) is 1.51. The molecule has 3 aromatic rings. The second-order valence-electron chi connectivity index (χ2n) is 9.29. The molecular weight excluding hydrogens is 683 g/mol. The van der Waals surface area contributed by atoms with E-state index in [9.17, 15) is 35.4 Å². The summed E-state index contributed by atoms with van der Waals surface area (Å²) < 4.78 is 103. The highest BCUT2D eigenvalue weighted by Gasteiger charge is 2.29. The molecule has 20 heteroatoms. The average Bonchev–Trinajstić information content (AvgIpc) is 3.40. The lowest BCUT2D eigenvalue weighted by Crippen LogP contribution is -2.50. The minimum atomic E-state index is -5.19. The monoisotopic (exact) mass is 715 g/mol. The Morgan fingerprint density at radius 1 is 1.04 bits per heavy atom. The molecule has 1 atom stereocenters. The van der Waals surface area contributed by atoms with Crippen LogP contribution in [0.1, 0.15) is 31.2 Å². The summed E-state index contributed by atoms with van der Waals surface area (Å²) in [4.78, 5) is 18.9. The van der Waals surface area contributed by atoms with E-state index in [0.29, 0.717) is 34.8 Å². The van der Waals surface area contributed by atoms with Crippen molar-refractivity contribution in [2.75, 3.05) is 32.6 Å². The number of alkyl halides is 3. The zero-order valence-electron chi connectivity index (χ0n) is 24.2.